The molecule has 1 heterocycles. The average Bonchev–Trinajstić information content (AvgIpc) is 2.41. The van der Waals surface area contributed by atoms with Gasteiger partial charge >= 0.3 is 0 Å². The van der Waals surface area contributed by atoms with Gasteiger partial charge in [-0.1, -0.05) is 48.5 Å². The molecule has 4 heteroatoms. The zero-order chi connectivity index (χ0) is 16.0. The van der Waals surface area contributed by atoms with Gasteiger partial charge in [-0.2, -0.15) is 0 Å². The first-order valence-corrected chi connectivity index (χ1v) is 8.17. The quantitative estimate of drug-likeness (QED) is 0.780. The number of rotatable bonds is 7. The Hall–Kier alpha value is -1.32. The third-order valence-electron chi connectivity index (χ3n) is 3.53. The number of aromatic nitrogens is 2. The zero-order valence-electron chi connectivity index (χ0n) is 14.7. The van der Waals surface area contributed by atoms with Gasteiger partial charge in [-0.3, -0.25) is 0 Å². The van der Waals surface area contributed by atoms with Crippen molar-refractivity contribution in [3.63, 3.8) is 0 Å². The summed E-state index contributed by atoms with van der Waals surface area (Å²) in [6.45, 7) is 16.2. The maximum absolute atomic E-state index is 4.72. The lowest BCUT2D eigenvalue weighted by molar-refractivity contribution is 0.506. The molecule has 0 saturated heterocycles. The van der Waals surface area contributed by atoms with Crippen LogP contribution in [0.25, 0.3) is 0 Å². The SMILES string of the molecule is CCCNc1cc(NC(CC)C(C)C)nc(C(C)(C)C)n1. The van der Waals surface area contributed by atoms with Crippen molar-refractivity contribution in [3.8, 4) is 0 Å². The molecule has 120 valence electrons. The average molecular weight is 292 g/mol. The van der Waals surface area contributed by atoms with Crippen LogP contribution in [0.3, 0.4) is 0 Å². The Morgan fingerprint density at radius 1 is 1.10 bits per heavy atom. The summed E-state index contributed by atoms with van der Waals surface area (Å²) in [5, 5.41) is 6.94. The van der Waals surface area contributed by atoms with Crippen LogP contribution in [0.2, 0.25) is 0 Å². The lowest BCUT2D eigenvalue weighted by Crippen LogP contribution is -2.26. The van der Waals surface area contributed by atoms with E-state index in [1.165, 1.54) is 0 Å². The van der Waals surface area contributed by atoms with Crippen molar-refractivity contribution in [2.24, 2.45) is 5.92 Å². The predicted octanol–water partition coefficient (Wildman–Crippen LogP) is 4.44. The smallest absolute Gasteiger partial charge is 0.138 e. The molecule has 0 aliphatic carbocycles. The van der Waals surface area contributed by atoms with Crippen LogP contribution in [-0.4, -0.2) is 22.6 Å². The Morgan fingerprint density at radius 2 is 1.71 bits per heavy atom. The molecule has 0 aromatic carbocycles. The largest absolute Gasteiger partial charge is 0.370 e. The summed E-state index contributed by atoms with van der Waals surface area (Å²) < 4.78 is 0. The lowest BCUT2D eigenvalue weighted by Gasteiger charge is -2.24. The van der Waals surface area contributed by atoms with Gasteiger partial charge in [0.2, 0.25) is 0 Å². The highest BCUT2D eigenvalue weighted by atomic mass is 15.1. The van der Waals surface area contributed by atoms with Crippen LogP contribution in [0.1, 0.15) is 67.1 Å². The van der Waals surface area contributed by atoms with Crippen molar-refractivity contribution >= 4 is 11.6 Å². The predicted molar refractivity (Wildman–Crippen MR) is 92.1 cm³/mol. The molecule has 0 radical (unpaired) electrons. The molecule has 4 nitrogen and oxygen atoms in total. The highest BCUT2D eigenvalue weighted by molar-refractivity contribution is 5.48. The summed E-state index contributed by atoms with van der Waals surface area (Å²) in [7, 11) is 0. The summed E-state index contributed by atoms with van der Waals surface area (Å²) in [6, 6.07) is 2.46. The maximum Gasteiger partial charge on any atom is 0.138 e. The van der Waals surface area contributed by atoms with Crippen LogP contribution >= 0.6 is 0 Å². The molecular weight excluding hydrogens is 260 g/mol. The Morgan fingerprint density at radius 3 is 2.19 bits per heavy atom. The Labute approximate surface area is 130 Å². The molecule has 1 aromatic rings. The molecule has 1 rings (SSSR count). The van der Waals surface area contributed by atoms with E-state index in [0.717, 1.165) is 36.8 Å². The van der Waals surface area contributed by atoms with Crippen LogP contribution in [0.15, 0.2) is 6.07 Å². The monoisotopic (exact) mass is 292 g/mol. The third kappa shape index (κ3) is 5.52. The normalized spacial score (nSPS) is 13.3. The molecule has 1 aromatic heterocycles. The number of anilines is 2. The zero-order valence-corrected chi connectivity index (χ0v) is 14.7. The van der Waals surface area contributed by atoms with Crippen molar-refractivity contribution in [3.05, 3.63) is 11.9 Å². The van der Waals surface area contributed by atoms with Crippen LogP contribution in [0.5, 0.6) is 0 Å². The van der Waals surface area contributed by atoms with E-state index in [1.807, 2.05) is 6.07 Å². The summed E-state index contributed by atoms with van der Waals surface area (Å²) in [5.74, 6) is 3.30. The molecule has 0 spiro atoms. The summed E-state index contributed by atoms with van der Waals surface area (Å²) in [6.07, 6.45) is 2.17. The lowest BCUT2D eigenvalue weighted by atomic mass is 9.95. The van der Waals surface area contributed by atoms with Gasteiger partial charge in [-0.05, 0) is 18.8 Å². The van der Waals surface area contributed by atoms with Gasteiger partial charge in [0.15, 0.2) is 0 Å². The summed E-state index contributed by atoms with van der Waals surface area (Å²) >= 11 is 0. The van der Waals surface area contributed by atoms with Crippen molar-refractivity contribution < 1.29 is 0 Å². The molecule has 0 aliphatic rings. The molecule has 0 bridgehead atoms. The van der Waals surface area contributed by atoms with Crippen molar-refractivity contribution in [2.75, 3.05) is 17.2 Å². The highest BCUT2D eigenvalue weighted by Crippen LogP contribution is 2.23. The van der Waals surface area contributed by atoms with Gasteiger partial charge < -0.3 is 10.6 Å². The van der Waals surface area contributed by atoms with Gasteiger partial charge in [-0.25, -0.2) is 9.97 Å². The fourth-order valence-corrected chi connectivity index (χ4v) is 2.13. The van der Waals surface area contributed by atoms with Gasteiger partial charge in [0.1, 0.15) is 17.5 Å². The number of hydrogen-bond acceptors (Lipinski definition) is 4. The summed E-state index contributed by atoms with van der Waals surface area (Å²) in [4.78, 5) is 9.38. The van der Waals surface area contributed by atoms with Gasteiger partial charge in [0.25, 0.3) is 0 Å². The second-order valence-corrected chi connectivity index (χ2v) is 7.04. The van der Waals surface area contributed by atoms with E-state index < -0.39 is 0 Å². The van der Waals surface area contributed by atoms with Crippen molar-refractivity contribution in [2.45, 2.75) is 72.8 Å². The molecule has 21 heavy (non-hydrogen) atoms. The van der Waals surface area contributed by atoms with Gasteiger partial charge in [-0.15, -0.1) is 0 Å². The first kappa shape index (κ1) is 17.7. The van der Waals surface area contributed by atoms with Gasteiger partial charge in [0.05, 0.1) is 0 Å². The third-order valence-corrected chi connectivity index (χ3v) is 3.53. The van der Waals surface area contributed by atoms with Crippen LogP contribution < -0.4 is 10.6 Å². The fourth-order valence-electron chi connectivity index (χ4n) is 2.13. The maximum atomic E-state index is 4.72. The van der Waals surface area contributed by atoms with E-state index in [1.54, 1.807) is 0 Å². The Balaban J connectivity index is 3.06. The molecule has 0 saturated carbocycles. The Bertz CT molecular complexity index is 435. The molecule has 0 amide bonds. The highest BCUT2D eigenvalue weighted by Gasteiger charge is 2.20. The minimum absolute atomic E-state index is 0.0557. The topological polar surface area (TPSA) is 49.8 Å². The number of hydrogen-bond donors (Lipinski definition) is 2. The van der Waals surface area contributed by atoms with Crippen LogP contribution in [0, 0.1) is 5.92 Å². The fraction of sp³-hybridized carbons (Fsp3) is 0.765. The molecule has 1 atom stereocenters. The molecular formula is C17H32N4. The van der Waals surface area contributed by atoms with E-state index in [-0.39, 0.29) is 5.41 Å². The molecule has 1 unspecified atom stereocenters. The van der Waals surface area contributed by atoms with E-state index in [0.29, 0.717) is 12.0 Å². The van der Waals surface area contributed by atoms with E-state index in [9.17, 15) is 0 Å². The molecule has 0 aliphatic heterocycles. The van der Waals surface area contributed by atoms with Gasteiger partial charge in [0, 0.05) is 24.1 Å². The Kier molecular flexibility index (Phi) is 6.43. The first-order chi connectivity index (χ1) is 9.77. The van der Waals surface area contributed by atoms with E-state index >= 15 is 0 Å². The molecule has 2 N–H and O–H groups in total. The van der Waals surface area contributed by atoms with Crippen molar-refractivity contribution in [1.82, 2.24) is 9.97 Å². The second kappa shape index (κ2) is 7.62. The van der Waals surface area contributed by atoms with Crippen LogP contribution in [-0.2, 0) is 5.41 Å². The standard InChI is InChI=1S/C17H32N4/c1-8-10-18-14-11-15(19-13(9-2)12(3)4)21-16(20-14)17(5,6)7/h11-13H,8-10H2,1-7H3,(H2,18,19,20,21). The number of nitrogens with one attached hydrogen (secondary N) is 2. The van der Waals surface area contributed by atoms with Crippen molar-refractivity contribution in [1.29, 1.82) is 0 Å². The summed E-state index contributed by atoms with van der Waals surface area (Å²) in [5.41, 5.74) is -0.0557. The minimum Gasteiger partial charge on any atom is -0.370 e. The number of nitrogens with zero attached hydrogens (tertiary/aromatic N) is 2. The van der Waals surface area contributed by atoms with Crippen LogP contribution in [0.4, 0.5) is 11.6 Å². The second-order valence-electron chi connectivity index (χ2n) is 7.04. The molecule has 0 fully saturated rings. The van der Waals surface area contributed by atoms with E-state index in [2.05, 4.69) is 64.1 Å². The first-order valence-electron chi connectivity index (χ1n) is 8.17. The minimum atomic E-state index is -0.0557. The van der Waals surface area contributed by atoms with E-state index in [4.69, 9.17) is 4.98 Å².